The number of hydrogen-bond acceptors (Lipinski definition) is 7. The van der Waals surface area contributed by atoms with Gasteiger partial charge >= 0.3 is 13.4 Å². The van der Waals surface area contributed by atoms with E-state index in [1.54, 1.807) is 13.8 Å². The zero-order valence-corrected chi connectivity index (χ0v) is 14.4. The molecule has 3 rings (SSSR count). The molecule has 0 bridgehead atoms. The minimum Gasteiger partial charge on any atom is -0.344 e. The molecule has 5 atom stereocenters. The lowest BCUT2D eigenvalue weighted by Crippen LogP contribution is -2.44. The number of nitrogens with zero attached hydrogens (tertiary/aromatic N) is 1. The van der Waals surface area contributed by atoms with Crippen molar-refractivity contribution in [2.45, 2.75) is 43.5 Å². The molecular formula is C12H16ClFN3O6P. The van der Waals surface area contributed by atoms with Gasteiger partial charge in [0.25, 0.3) is 10.7 Å². The SMILES string of the molecule is CC(C)OP1(=N)OCC2OC(n3ccc(=O)[nH]c3=O)C(F)(Cl)C2O1. The minimum atomic E-state index is -3.51. The molecule has 0 aliphatic carbocycles. The van der Waals surface area contributed by atoms with Crippen LogP contribution >= 0.6 is 19.3 Å². The van der Waals surface area contributed by atoms with E-state index < -0.39 is 42.5 Å². The van der Waals surface area contributed by atoms with Gasteiger partial charge in [-0.2, -0.15) is 0 Å². The second-order valence-corrected chi connectivity index (χ2v) is 7.95. The summed E-state index contributed by atoms with van der Waals surface area (Å²) in [6.07, 6.45) is -3.12. The van der Waals surface area contributed by atoms with Gasteiger partial charge in [0.15, 0.2) is 6.23 Å². The number of nitrogens with one attached hydrogen (secondary N) is 2. The van der Waals surface area contributed by atoms with Crippen LogP contribution in [0.5, 0.6) is 0 Å². The van der Waals surface area contributed by atoms with Crippen molar-refractivity contribution in [3.63, 3.8) is 0 Å². The number of rotatable bonds is 3. The van der Waals surface area contributed by atoms with Crippen LogP contribution in [-0.4, -0.2) is 39.6 Å². The number of H-pyrrole nitrogens is 1. The highest BCUT2D eigenvalue weighted by atomic mass is 35.5. The number of halogens is 2. The smallest absolute Gasteiger partial charge is 0.344 e. The second-order valence-electron chi connectivity index (χ2n) is 5.69. The van der Waals surface area contributed by atoms with Gasteiger partial charge in [0.2, 0.25) is 0 Å². The van der Waals surface area contributed by atoms with Crippen LogP contribution in [0.1, 0.15) is 20.1 Å². The van der Waals surface area contributed by atoms with Crippen molar-refractivity contribution in [2.75, 3.05) is 6.61 Å². The monoisotopic (exact) mass is 383 g/mol. The van der Waals surface area contributed by atoms with Crippen LogP contribution in [0.2, 0.25) is 0 Å². The molecule has 0 aromatic carbocycles. The number of aromatic nitrogens is 2. The van der Waals surface area contributed by atoms with Gasteiger partial charge < -0.3 is 9.26 Å². The van der Waals surface area contributed by atoms with Gasteiger partial charge in [-0.25, -0.2) is 14.3 Å². The molecule has 0 saturated carbocycles. The molecular weight excluding hydrogens is 368 g/mol. The quantitative estimate of drug-likeness (QED) is 0.606. The van der Waals surface area contributed by atoms with E-state index in [2.05, 4.69) is 0 Å². The Morgan fingerprint density at radius 1 is 1.58 bits per heavy atom. The Morgan fingerprint density at radius 3 is 2.92 bits per heavy atom. The molecule has 2 aliphatic rings. The molecule has 0 amide bonds. The largest absolute Gasteiger partial charge is 0.353 e. The third-order valence-corrected chi connectivity index (χ3v) is 5.56. The lowest BCUT2D eigenvalue weighted by molar-refractivity contribution is -0.0684. The zero-order chi connectivity index (χ0) is 17.7. The van der Waals surface area contributed by atoms with Gasteiger partial charge in [0.1, 0.15) is 12.2 Å². The Kier molecular flexibility index (Phi) is 4.48. The third-order valence-electron chi connectivity index (χ3n) is 3.46. The fourth-order valence-corrected chi connectivity index (χ4v) is 4.59. The summed E-state index contributed by atoms with van der Waals surface area (Å²) in [5.74, 6) is 0. The molecule has 3 heterocycles. The molecule has 2 N–H and O–H groups in total. The summed E-state index contributed by atoms with van der Waals surface area (Å²) in [6.45, 7) is 3.21. The van der Waals surface area contributed by atoms with E-state index in [4.69, 9.17) is 35.1 Å². The maximum absolute atomic E-state index is 15.1. The molecule has 2 fully saturated rings. The van der Waals surface area contributed by atoms with Crippen LogP contribution in [0.3, 0.4) is 0 Å². The van der Waals surface area contributed by atoms with E-state index in [0.29, 0.717) is 0 Å². The third kappa shape index (κ3) is 3.10. The van der Waals surface area contributed by atoms with Gasteiger partial charge in [-0.1, -0.05) is 11.6 Å². The van der Waals surface area contributed by atoms with Crippen LogP contribution in [0.4, 0.5) is 4.39 Å². The van der Waals surface area contributed by atoms with E-state index in [-0.39, 0.29) is 12.7 Å². The molecule has 24 heavy (non-hydrogen) atoms. The maximum Gasteiger partial charge on any atom is 0.353 e. The van der Waals surface area contributed by atoms with E-state index in [1.807, 2.05) is 4.98 Å². The lowest BCUT2D eigenvalue weighted by atomic mass is 10.1. The molecule has 9 nitrogen and oxygen atoms in total. The Morgan fingerprint density at radius 2 is 2.29 bits per heavy atom. The summed E-state index contributed by atoms with van der Waals surface area (Å²) in [5, 5.41) is 5.42. The lowest BCUT2D eigenvalue weighted by Gasteiger charge is -2.35. The number of aromatic amines is 1. The molecule has 1 aromatic rings. The van der Waals surface area contributed by atoms with Crippen LogP contribution in [0.25, 0.3) is 0 Å². The van der Waals surface area contributed by atoms with Crippen molar-refractivity contribution < 1.29 is 22.7 Å². The summed E-state index contributed by atoms with van der Waals surface area (Å²) in [4.78, 5) is 25.0. The van der Waals surface area contributed by atoms with Crippen molar-refractivity contribution in [2.24, 2.45) is 0 Å². The van der Waals surface area contributed by atoms with Gasteiger partial charge in [0, 0.05) is 12.3 Å². The highest BCUT2D eigenvalue weighted by Crippen LogP contribution is 2.61. The number of fused-ring (bicyclic) bond motifs is 1. The molecule has 2 saturated heterocycles. The Bertz CT molecular complexity index is 795. The van der Waals surface area contributed by atoms with E-state index in [9.17, 15) is 9.59 Å². The predicted molar refractivity (Wildman–Crippen MR) is 81.6 cm³/mol. The molecule has 1 aromatic heterocycles. The average molecular weight is 384 g/mol. The first kappa shape index (κ1) is 17.8. The first-order valence-electron chi connectivity index (χ1n) is 7.12. The molecule has 0 spiro atoms. The van der Waals surface area contributed by atoms with Crippen molar-refractivity contribution in [3.05, 3.63) is 33.1 Å². The number of ether oxygens (including phenoxy) is 1. The van der Waals surface area contributed by atoms with Crippen LogP contribution in [-0.2, 0) is 18.3 Å². The van der Waals surface area contributed by atoms with Crippen molar-refractivity contribution >= 4 is 19.3 Å². The summed E-state index contributed by atoms with van der Waals surface area (Å²) < 4.78 is 37.3. The van der Waals surface area contributed by atoms with Crippen molar-refractivity contribution in [1.82, 2.24) is 9.55 Å². The Balaban J connectivity index is 1.91. The van der Waals surface area contributed by atoms with Crippen LogP contribution in [0, 0.1) is 5.16 Å². The maximum atomic E-state index is 15.1. The second kappa shape index (κ2) is 6.05. The zero-order valence-electron chi connectivity index (χ0n) is 12.8. The molecule has 0 radical (unpaired) electrons. The Hall–Kier alpha value is -1.03. The topological polar surface area (TPSA) is 116 Å². The fraction of sp³-hybridized carbons (Fsp3) is 0.667. The van der Waals surface area contributed by atoms with E-state index in [0.717, 1.165) is 16.8 Å². The normalized spacial score (nSPS) is 39.1. The minimum absolute atomic E-state index is 0.165. The summed E-state index contributed by atoms with van der Waals surface area (Å²) in [6, 6.07) is 1.04. The first-order chi connectivity index (χ1) is 11.1. The van der Waals surface area contributed by atoms with Gasteiger partial charge in [0.05, 0.1) is 12.7 Å². The standard InChI is InChI=1S/C12H16ClFN3O6P/c1-6(2)22-24(15)20-5-7-9(23-24)12(13,14)10(21-7)17-4-3-8(18)16-11(17)19/h3-4,6-7,9-10,15H,5H2,1-2H3,(H,16,18,19). The molecule has 5 unspecified atom stereocenters. The first-order valence-corrected chi connectivity index (χ1v) is 9.05. The van der Waals surface area contributed by atoms with E-state index >= 15 is 4.39 Å². The highest BCUT2D eigenvalue weighted by Gasteiger charge is 2.62. The van der Waals surface area contributed by atoms with Crippen molar-refractivity contribution in [3.8, 4) is 0 Å². The Labute approximate surface area is 140 Å². The van der Waals surface area contributed by atoms with Crippen molar-refractivity contribution in [1.29, 1.82) is 5.16 Å². The number of hydrogen-bond donors (Lipinski definition) is 2. The summed E-state index contributed by atoms with van der Waals surface area (Å²) in [5.41, 5.74) is -1.51. The van der Waals surface area contributed by atoms with Gasteiger partial charge in [-0.05, 0) is 13.8 Å². The van der Waals surface area contributed by atoms with Gasteiger partial charge in [-0.3, -0.25) is 23.4 Å². The molecule has 2 aliphatic heterocycles. The molecule has 134 valence electrons. The van der Waals surface area contributed by atoms with Gasteiger partial charge in [-0.15, -0.1) is 0 Å². The fourth-order valence-electron chi connectivity index (χ4n) is 2.53. The highest BCUT2D eigenvalue weighted by molar-refractivity contribution is 7.49. The predicted octanol–water partition coefficient (Wildman–Crippen LogP) is 1.70. The van der Waals surface area contributed by atoms with Crippen LogP contribution < -0.4 is 11.2 Å². The summed E-state index contributed by atoms with van der Waals surface area (Å²) >= 11 is 5.97. The van der Waals surface area contributed by atoms with Crippen LogP contribution in [0.15, 0.2) is 21.9 Å². The molecule has 12 heteroatoms. The number of alkyl halides is 2. The average Bonchev–Trinajstić information content (AvgIpc) is 2.69. The van der Waals surface area contributed by atoms with E-state index in [1.165, 1.54) is 0 Å². The summed E-state index contributed by atoms with van der Waals surface area (Å²) in [7, 11) is -3.51.